The summed E-state index contributed by atoms with van der Waals surface area (Å²) < 4.78 is 0. The Hall–Kier alpha value is -1.56. The standard InChI is InChI=1S/C17H18/c1-13(14-7-8-14)15-9-11-17(12-10-15)16-5-3-2-4-6-16/h2-6,9-14H,7-8H2,1H3. The first-order valence-corrected chi connectivity index (χ1v) is 6.50. The molecule has 1 atom stereocenters. The number of rotatable bonds is 3. The fourth-order valence-electron chi connectivity index (χ4n) is 2.48. The Morgan fingerprint density at radius 2 is 1.41 bits per heavy atom. The molecular formula is C17H18. The van der Waals surface area contributed by atoms with Crippen molar-refractivity contribution < 1.29 is 0 Å². The maximum atomic E-state index is 2.36. The van der Waals surface area contributed by atoms with E-state index in [0.29, 0.717) is 0 Å². The molecule has 2 aromatic rings. The summed E-state index contributed by atoms with van der Waals surface area (Å²) in [6, 6.07) is 19.7. The molecule has 0 aliphatic heterocycles. The Morgan fingerprint density at radius 3 is 2.00 bits per heavy atom. The Labute approximate surface area is 103 Å². The second-order valence-electron chi connectivity index (χ2n) is 5.11. The fraction of sp³-hybridized carbons (Fsp3) is 0.294. The van der Waals surface area contributed by atoms with Crippen molar-refractivity contribution in [3.05, 3.63) is 60.2 Å². The molecule has 17 heavy (non-hydrogen) atoms. The molecule has 1 unspecified atom stereocenters. The lowest BCUT2D eigenvalue weighted by atomic mass is 9.94. The highest BCUT2D eigenvalue weighted by molar-refractivity contribution is 5.63. The van der Waals surface area contributed by atoms with E-state index in [9.17, 15) is 0 Å². The average molecular weight is 222 g/mol. The van der Waals surface area contributed by atoms with E-state index < -0.39 is 0 Å². The molecule has 0 amide bonds. The van der Waals surface area contributed by atoms with Gasteiger partial charge in [0, 0.05) is 0 Å². The molecule has 0 aromatic heterocycles. The van der Waals surface area contributed by atoms with Crippen molar-refractivity contribution in [3.8, 4) is 11.1 Å². The van der Waals surface area contributed by atoms with Crippen LogP contribution in [0, 0.1) is 5.92 Å². The van der Waals surface area contributed by atoms with E-state index in [4.69, 9.17) is 0 Å². The third-order valence-corrected chi connectivity index (χ3v) is 3.87. The summed E-state index contributed by atoms with van der Waals surface area (Å²) in [5, 5.41) is 0. The minimum absolute atomic E-state index is 0.736. The lowest BCUT2D eigenvalue weighted by molar-refractivity contribution is 0.664. The van der Waals surface area contributed by atoms with Crippen LogP contribution in [-0.4, -0.2) is 0 Å². The largest absolute Gasteiger partial charge is 0.0622 e. The van der Waals surface area contributed by atoms with Gasteiger partial charge >= 0.3 is 0 Å². The highest BCUT2D eigenvalue weighted by Gasteiger charge is 2.28. The van der Waals surface area contributed by atoms with Crippen LogP contribution in [0.1, 0.15) is 31.2 Å². The van der Waals surface area contributed by atoms with Gasteiger partial charge in [-0.2, -0.15) is 0 Å². The summed E-state index contributed by atoms with van der Waals surface area (Å²) in [5.74, 6) is 1.68. The summed E-state index contributed by atoms with van der Waals surface area (Å²) in [5.41, 5.74) is 4.11. The molecule has 3 rings (SSSR count). The number of hydrogen-bond acceptors (Lipinski definition) is 0. The Morgan fingerprint density at radius 1 is 0.824 bits per heavy atom. The summed E-state index contributed by atoms with van der Waals surface area (Å²) >= 11 is 0. The third-order valence-electron chi connectivity index (χ3n) is 3.87. The van der Waals surface area contributed by atoms with Crippen molar-refractivity contribution >= 4 is 0 Å². The van der Waals surface area contributed by atoms with E-state index in [1.54, 1.807) is 0 Å². The molecule has 0 radical (unpaired) electrons. The zero-order valence-electron chi connectivity index (χ0n) is 10.3. The molecule has 0 saturated heterocycles. The van der Waals surface area contributed by atoms with Crippen molar-refractivity contribution in [2.24, 2.45) is 5.92 Å². The maximum absolute atomic E-state index is 2.36. The second-order valence-corrected chi connectivity index (χ2v) is 5.11. The summed E-state index contributed by atoms with van der Waals surface area (Å²) in [7, 11) is 0. The van der Waals surface area contributed by atoms with E-state index in [1.165, 1.54) is 29.5 Å². The van der Waals surface area contributed by atoms with Crippen LogP contribution in [0.5, 0.6) is 0 Å². The first-order chi connectivity index (χ1) is 8.34. The SMILES string of the molecule is CC(c1ccc(-c2ccccc2)cc1)C1CC1. The lowest BCUT2D eigenvalue weighted by Crippen LogP contribution is -1.94. The molecule has 1 saturated carbocycles. The maximum Gasteiger partial charge on any atom is -0.0162 e. The summed E-state index contributed by atoms with van der Waals surface area (Å²) in [4.78, 5) is 0. The Balaban J connectivity index is 1.85. The Kier molecular flexibility index (Phi) is 2.72. The van der Waals surface area contributed by atoms with Gasteiger partial charge in [0.15, 0.2) is 0 Å². The average Bonchev–Trinajstić information content (AvgIpc) is 3.24. The molecule has 1 aliphatic carbocycles. The van der Waals surface area contributed by atoms with Crippen molar-refractivity contribution in [2.75, 3.05) is 0 Å². The molecule has 1 fully saturated rings. The van der Waals surface area contributed by atoms with E-state index >= 15 is 0 Å². The minimum Gasteiger partial charge on any atom is -0.0622 e. The third kappa shape index (κ3) is 2.26. The van der Waals surface area contributed by atoms with Crippen LogP contribution >= 0.6 is 0 Å². The van der Waals surface area contributed by atoms with Crippen molar-refractivity contribution in [3.63, 3.8) is 0 Å². The van der Waals surface area contributed by atoms with Gasteiger partial charge in [-0.05, 0) is 41.4 Å². The predicted octanol–water partition coefficient (Wildman–Crippen LogP) is 4.87. The van der Waals surface area contributed by atoms with Gasteiger partial charge in [-0.3, -0.25) is 0 Å². The van der Waals surface area contributed by atoms with Crippen molar-refractivity contribution in [1.29, 1.82) is 0 Å². The van der Waals surface area contributed by atoms with Gasteiger partial charge in [-0.25, -0.2) is 0 Å². The van der Waals surface area contributed by atoms with Gasteiger partial charge in [0.1, 0.15) is 0 Å². The summed E-state index contributed by atoms with van der Waals surface area (Å²) in [6.07, 6.45) is 2.84. The van der Waals surface area contributed by atoms with Crippen LogP contribution in [0.3, 0.4) is 0 Å². The normalized spacial score (nSPS) is 16.8. The van der Waals surface area contributed by atoms with Gasteiger partial charge in [0.25, 0.3) is 0 Å². The minimum atomic E-state index is 0.736. The highest BCUT2D eigenvalue weighted by atomic mass is 14.3. The molecule has 0 heterocycles. The molecule has 0 N–H and O–H groups in total. The first kappa shape index (κ1) is 10.6. The molecule has 1 aliphatic rings. The first-order valence-electron chi connectivity index (χ1n) is 6.50. The molecular weight excluding hydrogens is 204 g/mol. The quantitative estimate of drug-likeness (QED) is 0.695. The fourth-order valence-corrected chi connectivity index (χ4v) is 2.48. The number of benzene rings is 2. The summed E-state index contributed by atoms with van der Waals surface area (Å²) in [6.45, 7) is 2.36. The lowest BCUT2D eigenvalue weighted by Gasteiger charge is -2.11. The van der Waals surface area contributed by atoms with Crippen LogP contribution < -0.4 is 0 Å². The van der Waals surface area contributed by atoms with Crippen LogP contribution in [0.25, 0.3) is 11.1 Å². The zero-order chi connectivity index (χ0) is 11.7. The van der Waals surface area contributed by atoms with Gasteiger partial charge < -0.3 is 0 Å². The molecule has 0 heteroatoms. The predicted molar refractivity (Wildman–Crippen MR) is 73.0 cm³/mol. The van der Waals surface area contributed by atoms with Crippen LogP contribution in [0.15, 0.2) is 54.6 Å². The van der Waals surface area contributed by atoms with Gasteiger partial charge in [-0.15, -0.1) is 0 Å². The van der Waals surface area contributed by atoms with E-state index in [0.717, 1.165) is 11.8 Å². The van der Waals surface area contributed by atoms with Gasteiger partial charge in [0.2, 0.25) is 0 Å². The molecule has 2 aromatic carbocycles. The Bertz CT molecular complexity index is 477. The van der Waals surface area contributed by atoms with Gasteiger partial charge in [0.05, 0.1) is 0 Å². The zero-order valence-corrected chi connectivity index (χ0v) is 10.3. The number of hydrogen-bond donors (Lipinski definition) is 0. The van der Waals surface area contributed by atoms with E-state index in [-0.39, 0.29) is 0 Å². The monoisotopic (exact) mass is 222 g/mol. The van der Waals surface area contributed by atoms with Crippen molar-refractivity contribution in [1.82, 2.24) is 0 Å². The van der Waals surface area contributed by atoms with Gasteiger partial charge in [-0.1, -0.05) is 61.5 Å². The molecule has 0 spiro atoms. The van der Waals surface area contributed by atoms with Crippen LogP contribution in [-0.2, 0) is 0 Å². The van der Waals surface area contributed by atoms with Crippen LogP contribution in [0.2, 0.25) is 0 Å². The van der Waals surface area contributed by atoms with E-state index in [1.807, 2.05) is 0 Å². The smallest absolute Gasteiger partial charge is 0.0162 e. The molecule has 0 nitrogen and oxygen atoms in total. The van der Waals surface area contributed by atoms with E-state index in [2.05, 4.69) is 61.5 Å². The topological polar surface area (TPSA) is 0 Å². The van der Waals surface area contributed by atoms with Crippen molar-refractivity contribution in [2.45, 2.75) is 25.7 Å². The van der Waals surface area contributed by atoms with Crippen LogP contribution in [0.4, 0.5) is 0 Å². The second kappa shape index (κ2) is 4.37. The highest BCUT2D eigenvalue weighted by Crippen LogP contribution is 2.42. The molecule has 0 bridgehead atoms. The molecule has 86 valence electrons.